The minimum absolute atomic E-state index is 0.239. The van der Waals surface area contributed by atoms with Gasteiger partial charge in [0.2, 0.25) is 0 Å². The Morgan fingerprint density at radius 1 is 1.50 bits per heavy atom. The van der Waals surface area contributed by atoms with Crippen LogP contribution in [0.25, 0.3) is 0 Å². The van der Waals surface area contributed by atoms with Crippen LogP contribution in [0.4, 0.5) is 0 Å². The molecular formula is C11H14N2O5. The van der Waals surface area contributed by atoms with Gasteiger partial charge in [-0.3, -0.25) is 9.78 Å². The molecule has 1 rings (SSSR count). The van der Waals surface area contributed by atoms with Gasteiger partial charge in [0.15, 0.2) is 6.10 Å². The van der Waals surface area contributed by atoms with E-state index in [2.05, 4.69) is 15.0 Å². The number of nitrogens with one attached hydrogen (secondary N) is 1. The van der Waals surface area contributed by atoms with Gasteiger partial charge in [-0.1, -0.05) is 0 Å². The van der Waals surface area contributed by atoms with E-state index < -0.39 is 18.0 Å². The Balaban J connectivity index is 2.63. The van der Waals surface area contributed by atoms with E-state index in [0.717, 1.165) is 7.11 Å². The molecule has 0 bridgehead atoms. The van der Waals surface area contributed by atoms with E-state index in [9.17, 15) is 14.7 Å². The van der Waals surface area contributed by atoms with Crippen LogP contribution in [0.15, 0.2) is 18.5 Å². The van der Waals surface area contributed by atoms with Crippen molar-refractivity contribution in [1.82, 2.24) is 10.3 Å². The van der Waals surface area contributed by atoms with Crippen molar-refractivity contribution in [2.24, 2.45) is 0 Å². The zero-order chi connectivity index (χ0) is 13.5. The fourth-order valence-electron chi connectivity index (χ4n) is 1.23. The number of rotatable bonds is 5. The summed E-state index contributed by atoms with van der Waals surface area (Å²) in [6.45, 7) is -0.239. The molecule has 0 aliphatic heterocycles. The number of aliphatic hydroxyl groups is 1. The average molecular weight is 254 g/mol. The summed E-state index contributed by atoms with van der Waals surface area (Å²) in [5.74, 6) is -0.975. The van der Waals surface area contributed by atoms with E-state index in [1.165, 1.54) is 25.6 Å². The molecule has 0 saturated carbocycles. The van der Waals surface area contributed by atoms with Gasteiger partial charge in [0.05, 0.1) is 32.5 Å². The number of hydrogen-bond acceptors (Lipinski definition) is 6. The number of carbonyl (C=O) groups is 2. The lowest BCUT2D eigenvalue weighted by Gasteiger charge is -2.11. The van der Waals surface area contributed by atoms with Crippen LogP contribution in [0, 0.1) is 0 Å². The monoisotopic (exact) mass is 254 g/mol. The lowest BCUT2D eigenvalue weighted by molar-refractivity contribution is -0.149. The van der Waals surface area contributed by atoms with Gasteiger partial charge in [-0.2, -0.15) is 0 Å². The first-order chi connectivity index (χ1) is 8.60. The molecular weight excluding hydrogens is 240 g/mol. The number of ether oxygens (including phenoxy) is 2. The minimum Gasteiger partial charge on any atom is -0.494 e. The molecule has 1 aromatic heterocycles. The molecule has 0 spiro atoms. The summed E-state index contributed by atoms with van der Waals surface area (Å²) in [4.78, 5) is 26.5. The molecule has 1 heterocycles. The van der Waals surface area contributed by atoms with Gasteiger partial charge in [0.25, 0.3) is 5.91 Å². The van der Waals surface area contributed by atoms with Crippen LogP contribution in [0.2, 0.25) is 0 Å². The quantitative estimate of drug-likeness (QED) is 0.678. The normalized spacial score (nSPS) is 11.5. The summed E-state index contributed by atoms with van der Waals surface area (Å²) in [6.07, 6.45) is 1.44. The van der Waals surface area contributed by atoms with E-state index in [1.54, 1.807) is 0 Å². The summed E-state index contributed by atoms with van der Waals surface area (Å²) in [5.41, 5.74) is 0.268. The molecule has 98 valence electrons. The van der Waals surface area contributed by atoms with Crippen LogP contribution in [-0.2, 0) is 9.53 Å². The van der Waals surface area contributed by atoms with Crippen molar-refractivity contribution in [3.8, 4) is 5.75 Å². The number of aliphatic hydroxyl groups excluding tert-OH is 1. The molecule has 2 N–H and O–H groups in total. The van der Waals surface area contributed by atoms with Crippen LogP contribution in [-0.4, -0.2) is 48.8 Å². The Hall–Kier alpha value is -2.15. The molecule has 1 aromatic rings. The molecule has 18 heavy (non-hydrogen) atoms. The van der Waals surface area contributed by atoms with E-state index in [-0.39, 0.29) is 12.1 Å². The van der Waals surface area contributed by atoms with Gasteiger partial charge in [0.1, 0.15) is 5.75 Å². The largest absolute Gasteiger partial charge is 0.494 e. The molecule has 0 saturated heterocycles. The maximum absolute atomic E-state index is 11.8. The lowest BCUT2D eigenvalue weighted by Crippen LogP contribution is -2.37. The van der Waals surface area contributed by atoms with Gasteiger partial charge in [-0.05, 0) is 6.07 Å². The number of aromatic nitrogens is 1. The molecule has 1 atom stereocenters. The Morgan fingerprint density at radius 3 is 2.83 bits per heavy atom. The topological polar surface area (TPSA) is 97.8 Å². The third-order valence-corrected chi connectivity index (χ3v) is 2.18. The third-order valence-electron chi connectivity index (χ3n) is 2.18. The van der Waals surface area contributed by atoms with Gasteiger partial charge < -0.3 is 19.9 Å². The number of nitrogens with zero attached hydrogens (tertiary/aromatic N) is 1. The SMILES string of the molecule is COC(=O)C(O)CNC(=O)c1ccncc1OC. The number of carbonyl (C=O) groups excluding carboxylic acids is 2. The summed E-state index contributed by atoms with van der Waals surface area (Å²) in [6, 6.07) is 1.47. The van der Waals surface area contributed by atoms with E-state index >= 15 is 0 Å². The van der Waals surface area contributed by atoms with E-state index in [4.69, 9.17) is 4.74 Å². The van der Waals surface area contributed by atoms with Gasteiger partial charge in [0, 0.05) is 6.20 Å². The van der Waals surface area contributed by atoms with Gasteiger partial charge in [-0.25, -0.2) is 4.79 Å². The Labute approximate surface area is 104 Å². The number of esters is 1. The van der Waals surface area contributed by atoms with Crippen molar-refractivity contribution in [1.29, 1.82) is 0 Å². The molecule has 7 heteroatoms. The van der Waals surface area contributed by atoms with Crippen molar-refractivity contribution in [3.63, 3.8) is 0 Å². The minimum atomic E-state index is -1.40. The number of hydrogen-bond donors (Lipinski definition) is 2. The predicted octanol–water partition coefficient (Wildman–Crippen LogP) is -0.646. The first-order valence-electron chi connectivity index (χ1n) is 5.12. The summed E-state index contributed by atoms with van der Waals surface area (Å²) >= 11 is 0. The van der Waals surface area contributed by atoms with Crippen molar-refractivity contribution >= 4 is 11.9 Å². The lowest BCUT2D eigenvalue weighted by atomic mass is 10.2. The van der Waals surface area contributed by atoms with Crippen molar-refractivity contribution in [2.45, 2.75) is 6.10 Å². The van der Waals surface area contributed by atoms with Crippen LogP contribution in [0.5, 0.6) is 5.75 Å². The number of pyridine rings is 1. The van der Waals surface area contributed by atoms with Gasteiger partial charge in [-0.15, -0.1) is 0 Å². The molecule has 0 fully saturated rings. The predicted molar refractivity (Wildman–Crippen MR) is 61.1 cm³/mol. The maximum Gasteiger partial charge on any atom is 0.336 e. The van der Waals surface area contributed by atoms with Crippen molar-refractivity contribution in [3.05, 3.63) is 24.0 Å². The first kappa shape index (κ1) is 13.9. The second-order valence-electron chi connectivity index (χ2n) is 3.32. The van der Waals surface area contributed by atoms with Crippen molar-refractivity contribution in [2.75, 3.05) is 20.8 Å². The smallest absolute Gasteiger partial charge is 0.336 e. The number of methoxy groups -OCH3 is 2. The number of amides is 1. The molecule has 0 aromatic carbocycles. The second-order valence-corrected chi connectivity index (χ2v) is 3.32. The van der Waals surface area contributed by atoms with Crippen LogP contribution >= 0.6 is 0 Å². The molecule has 7 nitrogen and oxygen atoms in total. The zero-order valence-corrected chi connectivity index (χ0v) is 10.0. The van der Waals surface area contributed by atoms with E-state index in [1.807, 2.05) is 0 Å². The summed E-state index contributed by atoms with van der Waals surface area (Å²) < 4.78 is 9.28. The van der Waals surface area contributed by atoms with Crippen molar-refractivity contribution < 1.29 is 24.2 Å². The fourth-order valence-corrected chi connectivity index (χ4v) is 1.23. The Morgan fingerprint density at radius 2 is 2.22 bits per heavy atom. The summed E-state index contributed by atoms with van der Waals surface area (Å²) in [5, 5.41) is 11.7. The zero-order valence-electron chi connectivity index (χ0n) is 10.0. The summed E-state index contributed by atoms with van der Waals surface area (Å²) in [7, 11) is 2.57. The highest BCUT2D eigenvalue weighted by molar-refractivity contribution is 5.97. The molecule has 1 amide bonds. The second kappa shape index (κ2) is 6.55. The van der Waals surface area contributed by atoms with Crippen LogP contribution in [0.1, 0.15) is 10.4 Å². The highest BCUT2D eigenvalue weighted by Gasteiger charge is 2.18. The average Bonchev–Trinajstić information content (AvgIpc) is 2.43. The third kappa shape index (κ3) is 3.42. The Kier molecular flexibility index (Phi) is 5.06. The maximum atomic E-state index is 11.8. The standard InChI is InChI=1S/C11H14N2O5/c1-17-9-6-12-4-3-7(9)10(15)13-5-8(14)11(16)18-2/h3-4,6,8,14H,5H2,1-2H3,(H,13,15). The first-order valence-corrected chi connectivity index (χ1v) is 5.12. The molecule has 1 unspecified atom stereocenters. The van der Waals surface area contributed by atoms with Gasteiger partial charge >= 0.3 is 5.97 Å². The highest BCUT2D eigenvalue weighted by atomic mass is 16.5. The highest BCUT2D eigenvalue weighted by Crippen LogP contribution is 2.14. The van der Waals surface area contributed by atoms with E-state index in [0.29, 0.717) is 5.75 Å². The molecule has 0 aliphatic rings. The van der Waals surface area contributed by atoms with Crippen LogP contribution in [0.3, 0.4) is 0 Å². The molecule has 0 radical (unpaired) electrons. The molecule has 0 aliphatic carbocycles. The fraction of sp³-hybridized carbons (Fsp3) is 0.364. The Bertz CT molecular complexity index is 435. The van der Waals surface area contributed by atoms with Crippen LogP contribution < -0.4 is 10.1 Å².